The average Bonchev–Trinajstić information content (AvgIpc) is 1.90. The molecule has 92 heavy (non-hydrogen) atoms. The van der Waals surface area contributed by atoms with Crippen molar-refractivity contribution in [2.45, 2.75) is 32.1 Å². The highest BCUT2D eigenvalue weighted by Gasteiger charge is 2.24. The van der Waals surface area contributed by atoms with E-state index >= 15 is 0 Å². The van der Waals surface area contributed by atoms with Gasteiger partial charge in [-0.1, -0.05) is 0 Å². The molecule has 0 bridgehead atoms. The van der Waals surface area contributed by atoms with Crippen LogP contribution in [-0.2, 0) is 66.0 Å². The third kappa shape index (κ3) is 17.1. The predicted molar refractivity (Wildman–Crippen MR) is 340 cm³/mol. The number of aromatic nitrogens is 11. The first-order valence-corrected chi connectivity index (χ1v) is 29.1. The van der Waals surface area contributed by atoms with Gasteiger partial charge in [0.25, 0.3) is 47.3 Å². The van der Waals surface area contributed by atoms with Crippen molar-refractivity contribution in [2.24, 2.45) is 62.1 Å². The van der Waals surface area contributed by atoms with Crippen molar-refractivity contribution in [3.8, 4) is 0 Å². The average molecular weight is 1270 g/mol. The number of carbonyl (C=O) groups is 10. The molecule has 0 saturated heterocycles. The molecule has 8 aromatic heterocycles. The summed E-state index contributed by atoms with van der Waals surface area (Å²) in [5.41, 5.74) is 8.22. The summed E-state index contributed by atoms with van der Waals surface area (Å²) < 4.78 is 12.0. The molecule has 486 valence electrons. The second kappa shape index (κ2) is 29.8. The normalized spacial score (nSPS) is 11.1. The van der Waals surface area contributed by atoms with Crippen LogP contribution in [0.4, 0.5) is 40.1 Å². The highest BCUT2D eigenvalue weighted by atomic mass is 16.2. The lowest BCUT2D eigenvalue weighted by Gasteiger charge is -2.15. The Hall–Kier alpha value is -11.4. The van der Waals surface area contributed by atoms with E-state index in [0.29, 0.717) is 35.8 Å². The van der Waals surface area contributed by atoms with Gasteiger partial charge in [0.2, 0.25) is 23.5 Å². The summed E-state index contributed by atoms with van der Waals surface area (Å²) in [7, 11) is 15.0. The standard InChI is InChI=1S/C59H75N23O10/c1-74(20-11-15-60)21-12-17-61-47(83)14-18-64-53(86)41-24-36(29-76(41)3)66-55(88)43-27-38(31-79(43)6)68-56(89)44-26-37(30-80(44)7)67-54(87)42-23-35(28-78(42)5)65-48(84)13-10-16-63-52(85)40-25-39(32-77(40)4)69-58(91)50-70-46(34-81(50)8)73-59(92)51-71-45(33-82(51)9)72-57(90)49-62-19-22-75(49)2/h19,22-34H,10-18,20-21,60H2,1-9H3,(H,61,83)(H,63,85)(H,64,86)(H,65,84)(H,66,88)(H,67,87)(H,68,89)(H,69,91)(H,72,90)(H,73,92). The Morgan fingerprint density at radius 1 is 0.391 bits per heavy atom. The fraction of sp³-hybridized carbons (Fsp3) is 0.339. The van der Waals surface area contributed by atoms with Crippen molar-refractivity contribution >= 4 is 99.1 Å². The number of aryl methyl sites for hydroxylation is 8. The lowest BCUT2D eigenvalue weighted by atomic mass is 10.2. The van der Waals surface area contributed by atoms with Crippen LogP contribution < -0.4 is 58.9 Å². The molecule has 8 heterocycles. The molecule has 0 saturated carbocycles. The van der Waals surface area contributed by atoms with Gasteiger partial charge in [-0.2, -0.15) is 0 Å². The van der Waals surface area contributed by atoms with Crippen molar-refractivity contribution in [1.29, 1.82) is 0 Å². The number of nitrogens with one attached hydrogen (secondary N) is 10. The van der Waals surface area contributed by atoms with Gasteiger partial charge in [0.15, 0.2) is 17.5 Å². The van der Waals surface area contributed by atoms with Crippen LogP contribution in [0.1, 0.15) is 116 Å². The molecule has 0 aliphatic rings. The van der Waals surface area contributed by atoms with E-state index in [-0.39, 0.29) is 107 Å². The van der Waals surface area contributed by atoms with E-state index < -0.39 is 47.3 Å². The Kier molecular flexibility index (Phi) is 21.6. The Morgan fingerprint density at radius 2 is 0.772 bits per heavy atom. The molecule has 33 heteroatoms. The minimum Gasteiger partial charge on any atom is -0.356 e. The maximum absolute atomic E-state index is 13.5. The van der Waals surface area contributed by atoms with Crippen LogP contribution in [0, 0.1) is 0 Å². The maximum atomic E-state index is 13.5. The summed E-state index contributed by atoms with van der Waals surface area (Å²) in [6, 6.07) is 7.45. The lowest BCUT2D eigenvalue weighted by molar-refractivity contribution is -0.121. The first-order chi connectivity index (χ1) is 43.8. The number of nitrogens with two attached hydrogens (primary N) is 1. The third-order valence-electron chi connectivity index (χ3n) is 14.5. The molecule has 0 unspecified atom stereocenters. The van der Waals surface area contributed by atoms with Crippen LogP contribution in [0.5, 0.6) is 0 Å². The Labute approximate surface area is 527 Å². The fourth-order valence-corrected chi connectivity index (χ4v) is 9.75. The SMILES string of the molecule is CN(CCCN)CCCNC(=O)CCNC(=O)c1cc(NC(=O)c2cc(NC(=O)c3cc(NC(=O)c4cc(NC(=O)CCCNC(=O)c5cc(NC(=O)c6nc(NC(=O)c7nc(NC(=O)c8nccn8C)cn7C)cn6C)cn5C)cn4C)cn3C)cn2C)cn1C. The Morgan fingerprint density at radius 3 is 1.21 bits per heavy atom. The van der Waals surface area contributed by atoms with Crippen molar-refractivity contribution in [3.05, 3.63) is 132 Å². The third-order valence-corrected chi connectivity index (χ3v) is 14.5. The molecular weight excluding hydrogens is 1190 g/mol. The van der Waals surface area contributed by atoms with Gasteiger partial charge in [0.05, 0.1) is 28.4 Å². The molecule has 33 nitrogen and oxygen atoms in total. The largest absolute Gasteiger partial charge is 0.356 e. The number of amides is 10. The van der Waals surface area contributed by atoms with Crippen LogP contribution in [0.15, 0.2) is 86.1 Å². The molecule has 0 atom stereocenters. The van der Waals surface area contributed by atoms with E-state index in [2.05, 4.69) is 73.0 Å². The van der Waals surface area contributed by atoms with Gasteiger partial charge < -0.3 is 100 Å². The number of hydrogen-bond acceptors (Lipinski definition) is 15. The molecular formula is C59H75N23O10. The van der Waals surface area contributed by atoms with Crippen molar-refractivity contribution < 1.29 is 47.9 Å². The van der Waals surface area contributed by atoms with Gasteiger partial charge in [-0.3, -0.25) is 47.9 Å². The second-order valence-corrected chi connectivity index (χ2v) is 21.9. The molecule has 0 aromatic carbocycles. The monoisotopic (exact) mass is 1270 g/mol. The predicted octanol–water partition coefficient (Wildman–Crippen LogP) is 2.15. The van der Waals surface area contributed by atoms with Crippen LogP contribution >= 0.6 is 0 Å². The van der Waals surface area contributed by atoms with Crippen molar-refractivity contribution in [2.75, 3.05) is 83.5 Å². The quantitative estimate of drug-likeness (QED) is 0.0299. The van der Waals surface area contributed by atoms with Gasteiger partial charge in [-0.05, 0) is 76.3 Å². The van der Waals surface area contributed by atoms with Gasteiger partial charge in [-0.25, -0.2) is 15.0 Å². The molecule has 0 aliphatic carbocycles. The number of imidazole rings is 3. The van der Waals surface area contributed by atoms with Crippen molar-refractivity contribution in [3.63, 3.8) is 0 Å². The maximum Gasteiger partial charge on any atom is 0.292 e. The number of rotatable bonds is 29. The number of hydrogen-bond donors (Lipinski definition) is 11. The number of carbonyl (C=O) groups excluding carboxylic acids is 10. The summed E-state index contributed by atoms with van der Waals surface area (Å²) in [4.78, 5) is 146. The van der Waals surface area contributed by atoms with E-state index in [1.54, 1.807) is 91.9 Å². The van der Waals surface area contributed by atoms with Gasteiger partial charge >= 0.3 is 0 Å². The van der Waals surface area contributed by atoms with Crippen LogP contribution in [0.2, 0.25) is 0 Å². The molecule has 0 aliphatic heterocycles. The lowest BCUT2D eigenvalue weighted by Crippen LogP contribution is -2.33. The minimum absolute atomic E-state index is 0.0224. The molecule has 0 fully saturated rings. The zero-order valence-electron chi connectivity index (χ0n) is 52.4. The topological polar surface area (TPSA) is 398 Å². The zero-order valence-corrected chi connectivity index (χ0v) is 52.4. The highest BCUT2D eigenvalue weighted by molar-refractivity contribution is 6.10. The minimum atomic E-state index is -0.655. The van der Waals surface area contributed by atoms with Gasteiger partial charge in [-0.15, -0.1) is 0 Å². The smallest absolute Gasteiger partial charge is 0.292 e. The van der Waals surface area contributed by atoms with Crippen LogP contribution in [0.3, 0.4) is 0 Å². The van der Waals surface area contributed by atoms with E-state index in [0.717, 1.165) is 25.9 Å². The van der Waals surface area contributed by atoms with E-state index in [9.17, 15) is 47.9 Å². The Bertz CT molecular complexity index is 4090. The van der Waals surface area contributed by atoms with Crippen molar-refractivity contribution in [1.82, 2.24) is 72.3 Å². The van der Waals surface area contributed by atoms with Gasteiger partial charge in [0, 0.05) is 145 Å². The Balaban J connectivity index is 0.739. The molecule has 10 amide bonds. The summed E-state index contributed by atoms with van der Waals surface area (Å²) in [5.74, 6) is -4.58. The fourth-order valence-electron chi connectivity index (χ4n) is 9.75. The molecule has 8 aromatic rings. The van der Waals surface area contributed by atoms with E-state index in [1.807, 2.05) is 7.05 Å². The number of anilines is 7. The first kappa shape index (κ1) is 66.6. The summed E-state index contributed by atoms with van der Waals surface area (Å²) in [5, 5.41) is 27.4. The molecule has 0 spiro atoms. The van der Waals surface area contributed by atoms with Gasteiger partial charge in [0.1, 0.15) is 28.5 Å². The zero-order chi connectivity index (χ0) is 66.5. The summed E-state index contributed by atoms with van der Waals surface area (Å²) in [6.07, 6.45) is 15.9. The summed E-state index contributed by atoms with van der Waals surface area (Å²) in [6.45, 7) is 3.13. The van der Waals surface area contributed by atoms with E-state index in [4.69, 9.17) is 5.73 Å². The molecule has 12 N–H and O–H groups in total. The number of nitrogens with zero attached hydrogens (tertiary/aromatic N) is 12. The highest BCUT2D eigenvalue weighted by Crippen LogP contribution is 2.23. The van der Waals surface area contributed by atoms with Crippen LogP contribution in [0.25, 0.3) is 0 Å². The second-order valence-electron chi connectivity index (χ2n) is 21.9. The summed E-state index contributed by atoms with van der Waals surface area (Å²) >= 11 is 0. The molecule has 8 rings (SSSR count). The van der Waals surface area contributed by atoms with E-state index in [1.165, 1.54) is 87.1 Å². The molecule has 0 radical (unpaired) electrons. The first-order valence-electron chi connectivity index (χ1n) is 29.1. The van der Waals surface area contributed by atoms with Crippen LogP contribution in [-0.4, -0.2) is 162 Å².